The van der Waals surface area contributed by atoms with Gasteiger partial charge < -0.3 is 9.52 Å². The van der Waals surface area contributed by atoms with Crippen molar-refractivity contribution in [3.05, 3.63) is 82.0 Å². The second-order valence-corrected chi connectivity index (χ2v) is 7.12. The molecule has 8 heteroatoms. The van der Waals surface area contributed by atoms with Gasteiger partial charge in [0.05, 0.1) is 11.3 Å². The van der Waals surface area contributed by atoms with Crippen LogP contribution < -0.4 is 10.4 Å². The Morgan fingerprint density at radius 1 is 1.00 bits per heavy atom. The molecule has 1 aromatic heterocycles. The maximum atomic E-state index is 12.6. The summed E-state index contributed by atoms with van der Waals surface area (Å²) in [6.07, 6.45) is 1.38. The Hall–Kier alpha value is -3.65. The Bertz CT molecular complexity index is 1150. The number of rotatable bonds is 4. The first-order chi connectivity index (χ1) is 13.9. The minimum atomic E-state index is -1.01. The third-order valence-corrected chi connectivity index (χ3v) is 4.83. The van der Waals surface area contributed by atoms with E-state index < -0.39 is 17.8 Å². The average Bonchev–Trinajstić information content (AvgIpc) is 3.29. The van der Waals surface area contributed by atoms with E-state index in [4.69, 9.17) is 9.52 Å². The van der Waals surface area contributed by atoms with Crippen LogP contribution in [0.25, 0.3) is 17.4 Å². The zero-order chi connectivity index (χ0) is 20.5. The van der Waals surface area contributed by atoms with E-state index in [0.29, 0.717) is 22.8 Å². The van der Waals surface area contributed by atoms with Crippen molar-refractivity contribution < 1.29 is 23.9 Å². The molecule has 3 aromatic rings. The Labute approximate surface area is 173 Å². The molecule has 7 nitrogen and oxygen atoms in total. The fourth-order valence-electron chi connectivity index (χ4n) is 2.83. The summed E-state index contributed by atoms with van der Waals surface area (Å²) < 4.78 is 6.56. The predicted molar refractivity (Wildman–Crippen MR) is 109 cm³/mol. The van der Waals surface area contributed by atoms with Crippen LogP contribution in [0.4, 0.5) is 5.69 Å². The fourth-order valence-corrected chi connectivity index (χ4v) is 3.10. The van der Waals surface area contributed by atoms with E-state index >= 15 is 0 Å². The number of nitrogens with zero attached hydrogens (tertiary/aromatic N) is 1. The number of carboxylic acids is 1. The number of hydrogen-bond donors (Lipinski definition) is 2. The van der Waals surface area contributed by atoms with Crippen LogP contribution in [-0.2, 0) is 9.59 Å². The quantitative estimate of drug-likeness (QED) is 0.462. The topological polar surface area (TPSA) is 99.9 Å². The summed E-state index contributed by atoms with van der Waals surface area (Å²) in [4.78, 5) is 35.9. The van der Waals surface area contributed by atoms with Crippen molar-refractivity contribution in [1.82, 2.24) is 5.43 Å². The molecular formula is C21H13BrN2O5. The SMILES string of the molecule is O=C1NN(c2ccc(Br)cc2)C(=O)/C1=C/c1ccc(-c2ccc(C(=O)O)cc2)o1. The van der Waals surface area contributed by atoms with E-state index in [0.717, 1.165) is 4.47 Å². The standard InChI is InChI=1S/C21H13BrN2O5/c22-14-5-7-15(8-6-14)24-20(26)17(19(25)23-24)11-16-9-10-18(29-16)12-1-3-13(4-2-12)21(27)28/h1-11H,(H,23,25)(H,27,28)/b17-11+. The number of amides is 2. The molecule has 2 N–H and O–H groups in total. The van der Waals surface area contributed by atoms with Crippen molar-refractivity contribution in [1.29, 1.82) is 0 Å². The van der Waals surface area contributed by atoms with Crippen LogP contribution >= 0.6 is 15.9 Å². The van der Waals surface area contributed by atoms with E-state index in [-0.39, 0.29) is 11.1 Å². The minimum absolute atomic E-state index is 0.0463. The van der Waals surface area contributed by atoms with Gasteiger partial charge in [-0.25, -0.2) is 9.80 Å². The van der Waals surface area contributed by atoms with E-state index in [2.05, 4.69) is 21.4 Å². The third-order valence-electron chi connectivity index (χ3n) is 4.31. The molecule has 0 saturated carbocycles. The molecule has 2 amide bonds. The zero-order valence-electron chi connectivity index (χ0n) is 14.8. The van der Waals surface area contributed by atoms with Crippen molar-refractivity contribution in [2.45, 2.75) is 0 Å². The molecule has 1 saturated heterocycles. The van der Waals surface area contributed by atoms with E-state index in [1.807, 2.05) is 0 Å². The monoisotopic (exact) mass is 452 g/mol. The number of carbonyl (C=O) groups is 3. The number of carboxylic acid groups (broad SMARTS) is 1. The molecular weight excluding hydrogens is 440 g/mol. The van der Waals surface area contributed by atoms with Gasteiger partial charge >= 0.3 is 5.97 Å². The highest BCUT2D eigenvalue weighted by atomic mass is 79.9. The van der Waals surface area contributed by atoms with Crippen molar-refractivity contribution in [3.8, 4) is 11.3 Å². The van der Waals surface area contributed by atoms with Crippen molar-refractivity contribution in [2.24, 2.45) is 0 Å². The van der Waals surface area contributed by atoms with E-state index in [1.54, 1.807) is 48.5 Å². The first kappa shape index (κ1) is 18.7. The van der Waals surface area contributed by atoms with Gasteiger partial charge in [0.1, 0.15) is 17.1 Å². The number of anilines is 1. The molecule has 0 radical (unpaired) electrons. The Morgan fingerprint density at radius 3 is 2.34 bits per heavy atom. The summed E-state index contributed by atoms with van der Waals surface area (Å²) in [5.41, 5.74) is 3.87. The minimum Gasteiger partial charge on any atom is -0.478 e. The lowest BCUT2D eigenvalue weighted by molar-refractivity contribution is -0.117. The molecule has 4 rings (SSSR count). The smallest absolute Gasteiger partial charge is 0.335 e. The molecule has 0 aliphatic carbocycles. The second-order valence-electron chi connectivity index (χ2n) is 6.20. The number of hydrazine groups is 1. The van der Waals surface area contributed by atoms with Gasteiger partial charge in [-0.05, 0) is 54.6 Å². The highest BCUT2D eigenvalue weighted by Crippen LogP contribution is 2.26. The fraction of sp³-hybridized carbons (Fsp3) is 0. The van der Waals surface area contributed by atoms with Gasteiger partial charge in [-0.2, -0.15) is 0 Å². The molecule has 0 atom stereocenters. The van der Waals surface area contributed by atoms with Crippen LogP contribution in [-0.4, -0.2) is 22.9 Å². The average molecular weight is 453 g/mol. The molecule has 2 aromatic carbocycles. The van der Waals surface area contributed by atoms with E-state index in [1.165, 1.54) is 23.2 Å². The first-order valence-corrected chi connectivity index (χ1v) is 9.28. The number of aromatic carboxylic acids is 1. The summed E-state index contributed by atoms with van der Waals surface area (Å²) >= 11 is 3.33. The lowest BCUT2D eigenvalue weighted by Gasteiger charge is -2.14. The maximum Gasteiger partial charge on any atom is 0.335 e. The summed E-state index contributed by atoms with van der Waals surface area (Å²) in [5, 5.41) is 10.1. The van der Waals surface area contributed by atoms with Gasteiger partial charge in [0.15, 0.2) is 0 Å². The summed E-state index contributed by atoms with van der Waals surface area (Å²) in [5.74, 6) is -1.20. The predicted octanol–water partition coefficient (Wildman–Crippen LogP) is 3.87. The summed E-state index contributed by atoms with van der Waals surface area (Å²) in [6, 6.07) is 16.5. The van der Waals surface area contributed by atoms with Crippen molar-refractivity contribution >= 4 is 45.5 Å². The van der Waals surface area contributed by atoms with Crippen molar-refractivity contribution in [2.75, 3.05) is 5.01 Å². The molecule has 2 heterocycles. The maximum absolute atomic E-state index is 12.6. The van der Waals surface area contributed by atoms with Gasteiger partial charge in [0.2, 0.25) is 0 Å². The van der Waals surface area contributed by atoms with Gasteiger partial charge in [0, 0.05) is 10.0 Å². The van der Waals surface area contributed by atoms with Crippen LogP contribution in [0.3, 0.4) is 0 Å². The molecule has 1 aliphatic heterocycles. The highest BCUT2D eigenvalue weighted by Gasteiger charge is 2.34. The third kappa shape index (κ3) is 3.70. The largest absolute Gasteiger partial charge is 0.478 e. The summed E-state index contributed by atoms with van der Waals surface area (Å²) in [7, 11) is 0. The number of hydrogen-bond acceptors (Lipinski definition) is 4. The lowest BCUT2D eigenvalue weighted by atomic mass is 10.1. The molecule has 0 unspecified atom stereocenters. The van der Waals surface area contributed by atoms with Crippen LogP contribution in [0.5, 0.6) is 0 Å². The first-order valence-electron chi connectivity index (χ1n) is 8.48. The molecule has 1 fully saturated rings. The summed E-state index contributed by atoms with van der Waals surface area (Å²) in [6.45, 7) is 0. The number of halogens is 1. The molecule has 144 valence electrons. The second kappa shape index (κ2) is 7.40. The lowest BCUT2D eigenvalue weighted by Crippen LogP contribution is -2.35. The van der Waals surface area contributed by atoms with E-state index in [9.17, 15) is 14.4 Å². The van der Waals surface area contributed by atoms with Gasteiger partial charge in [-0.15, -0.1) is 0 Å². The van der Waals surface area contributed by atoms with Crippen molar-refractivity contribution in [3.63, 3.8) is 0 Å². The molecule has 0 spiro atoms. The highest BCUT2D eigenvalue weighted by molar-refractivity contribution is 9.10. The van der Waals surface area contributed by atoms with Crippen LogP contribution in [0.15, 0.2) is 75.1 Å². The number of carbonyl (C=O) groups excluding carboxylic acids is 2. The van der Waals surface area contributed by atoms with Gasteiger partial charge in [0.25, 0.3) is 11.8 Å². The normalized spacial score (nSPS) is 15.1. The zero-order valence-corrected chi connectivity index (χ0v) is 16.3. The van der Waals surface area contributed by atoms with Crippen LogP contribution in [0, 0.1) is 0 Å². The number of nitrogens with one attached hydrogen (secondary N) is 1. The van der Waals surface area contributed by atoms with Gasteiger partial charge in [-0.3, -0.25) is 15.0 Å². The van der Waals surface area contributed by atoms with Crippen LogP contribution in [0.2, 0.25) is 0 Å². The Morgan fingerprint density at radius 2 is 1.69 bits per heavy atom. The molecule has 0 bridgehead atoms. The number of furan rings is 1. The Kier molecular flexibility index (Phi) is 4.77. The van der Waals surface area contributed by atoms with Crippen LogP contribution in [0.1, 0.15) is 16.1 Å². The number of benzene rings is 2. The Balaban J connectivity index is 1.58. The van der Waals surface area contributed by atoms with Gasteiger partial charge in [-0.1, -0.05) is 28.1 Å². The molecule has 29 heavy (non-hydrogen) atoms. The molecule has 1 aliphatic rings.